The summed E-state index contributed by atoms with van der Waals surface area (Å²) in [5, 5.41) is 6.01. The van der Waals surface area contributed by atoms with Crippen LogP contribution in [0.25, 0.3) is 0 Å². The molecule has 120 valence electrons. The highest BCUT2D eigenvalue weighted by atomic mass is 35.5. The Morgan fingerprint density at radius 3 is 2.45 bits per heavy atom. The Morgan fingerprint density at radius 1 is 1.18 bits per heavy atom. The van der Waals surface area contributed by atoms with Crippen molar-refractivity contribution >= 4 is 41.7 Å². The number of thioether (sulfide) groups is 1. The zero-order chi connectivity index (χ0) is 14.7. The first kappa shape index (κ1) is 17.1. The molecule has 1 unspecified atom stereocenters. The predicted molar refractivity (Wildman–Crippen MR) is 91.7 cm³/mol. The van der Waals surface area contributed by atoms with Gasteiger partial charge in [0.2, 0.25) is 5.91 Å². The van der Waals surface area contributed by atoms with Gasteiger partial charge in [-0.05, 0) is 37.1 Å². The Kier molecular flexibility index (Phi) is 6.11. The highest BCUT2D eigenvalue weighted by Crippen LogP contribution is 2.16. The second-order valence-corrected chi connectivity index (χ2v) is 6.37. The third-order valence-electron chi connectivity index (χ3n) is 3.83. The average molecular weight is 342 g/mol. The number of carbonyl (C=O) groups is 2. The van der Waals surface area contributed by atoms with Crippen molar-refractivity contribution in [1.29, 1.82) is 0 Å². The van der Waals surface area contributed by atoms with E-state index in [4.69, 9.17) is 0 Å². The lowest BCUT2D eigenvalue weighted by atomic mass is 10.1. The fraction of sp³-hybridized carbons (Fsp3) is 0.467. The Hall–Kier alpha value is -1.24. The lowest BCUT2D eigenvalue weighted by Crippen LogP contribution is -2.37. The molecule has 0 bridgehead atoms. The quantitative estimate of drug-likeness (QED) is 0.882. The fourth-order valence-electron chi connectivity index (χ4n) is 2.59. The largest absolute Gasteiger partial charge is 0.339 e. The van der Waals surface area contributed by atoms with Gasteiger partial charge in [0.05, 0.1) is 6.04 Å². The van der Waals surface area contributed by atoms with E-state index >= 15 is 0 Å². The molecule has 0 spiro atoms. The van der Waals surface area contributed by atoms with E-state index in [0.717, 1.165) is 43.2 Å². The summed E-state index contributed by atoms with van der Waals surface area (Å²) in [6, 6.07) is 7.04. The second kappa shape index (κ2) is 7.85. The number of nitrogens with zero attached hydrogens (tertiary/aromatic N) is 1. The molecule has 2 amide bonds. The molecule has 0 aliphatic carbocycles. The monoisotopic (exact) mass is 341 g/mol. The van der Waals surface area contributed by atoms with Crippen molar-refractivity contribution in [1.82, 2.24) is 10.2 Å². The van der Waals surface area contributed by atoms with Crippen LogP contribution in [0.15, 0.2) is 24.3 Å². The molecule has 2 aliphatic heterocycles. The SMILES string of the molecule is Cl.O=C(Nc1ccc(C(=O)N2CCCC2)cc1)C1CSCN1. The van der Waals surface area contributed by atoms with Crippen molar-refractivity contribution < 1.29 is 9.59 Å². The first-order valence-electron chi connectivity index (χ1n) is 7.25. The molecule has 2 heterocycles. The van der Waals surface area contributed by atoms with Crippen molar-refractivity contribution in [3.05, 3.63) is 29.8 Å². The summed E-state index contributed by atoms with van der Waals surface area (Å²) in [5.74, 6) is 1.69. The summed E-state index contributed by atoms with van der Waals surface area (Å²) < 4.78 is 0. The lowest BCUT2D eigenvalue weighted by Gasteiger charge is -2.15. The van der Waals surface area contributed by atoms with Crippen LogP contribution >= 0.6 is 24.2 Å². The molecule has 1 aromatic rings. The number of anilines is 1. The summed E-state index contributed by atoms with van der Waals surface area (Å²) in [7, 11) is 0. The smallest absolute Gasteiger partial charge is 0.253 e. The molecule has 0 radical (unpaired) electrons. The third-order valence-corrected chi connectivity index (χ3v) is 4.77. The molecule has 22 heavy (non-hydrogen) atoms. The molecule has 2 fully saturated rings. The number of hydrogen-bond donors (Lipinski definition) is 2. The van der Waals surface area contributed by atoms with E-state index in [-0.39, 0.29) is 30.3 Å². The van der Waals surface area contributed by atoms with Gasteiger partial charge in [0.25, 0.3) is 5.91 Å². The molecule has 2 aliphatic rings. The van der Waals surface area contributed by atoms with E-state index in [1.165, 1.54) is 0 Å². The van der Waals surface area contributed by atoms with Gasteiger partial charge in [0.15, 0.2) is 0 Å². The highest BCUT2D eigenvalue weighted by molar-refractivity contribution is 7.99. The van der Waals surface area contributed by atoms with Crippen molar-refractivity contribution in [2.45, 2.75) is 18.9 Å². The zero-order valence-corrected chi connectivity index (χ0v) is 13.8. The van der Waals surface area contributed by atoms with Crippen LogP contribution < -0.4 is 10.6 Å². The molecule has 7 heteroatoms. The maximum absolute atomic E-state index is 12.2. The van der Waals surface area contributed by atoms with E-state index < -0.39 is 0 Å². The van der Waals surface area contributed by atoms with Gasteiger partial charge in [0.1, 0.15) is 0 Å². The minimum Gasteiger partial charge on any atom is -0.339 e. The summed E-state index contributed by atoms with van der Waals surface area (Å²) >= 11 is 1.72. The molecule has 0 saturated carbocycles. The minimum absolute atomic E-state index is 0. The van der Waals surface area contributed by atoms with Crippen LogP contribution in [0.1, 0.15) is 23.2 Å². The van der Waals surface area contributed by atoms with Gasteiger partial charge in [-0.1, -0.05) is 0 Å². The van der Waals surface area contributed by atoms with Gasteiger partial charge in [0, 0.05) is 36.0 Å². The number of benzene rings is 1. The number of rotatable bonds is 3. The van der Waals surface area contributed by atoms with Gasteiger partial charge < -0.3 is 10.2 Å². The van der Waals surface area contributed by atoms with Gasteiger partial charge in [-0.2, -0.15) is 0 Å². The number of nitrogens with one attached hydrogen (secondary N) is 2. The van der Waals surface area contributed by atoms with E-state index in [2.05, 4.69) is 10.6 Å². The summed E-state index contributed by atoms with van der Waals surface area (Å²) in [6.45, 7) is 1.70. The molecule has 0 aromatic heterocycles. The maximum atomic E-state index is 12.2. The Morgan fingerprint density at radius 2 is 1.86 bits per heavy atom. The lowest BCUT2D eigenvalue weighted by molar-refractivity contribution is -0.117. The van der Waals surface area contributed by atoms with Crippen LogP contribution in [0.5, 0.6) is 0 Å². The van der Waals surface area contributed by atoms with Crippen LogP contribution in [-0.4, -0.2) is 47.5 Å². The van der Waals surface area contributed by atoms with E-state index in [9.17, 15) is 9.59 Å². The van der Waals surface area contributed by atoms with E-state index in [1.807, 2.05) is 4.90 Å². The van der Waals surface area contributed by atoms with Crippen molar-refractivity contribution in [2.75, 3.05) is 30.0 Å². The summed E-state index contributed by atoms with van der Waals surface area (Å²) in [5.41, 5.74) is 1.42. The molecule has 1 aromatic carbocycles. The van der Waals surface area contributed by atoms with Crippen LogP contribution in [-0.2, 0) is 4.79 Å². The fourth-order valence-corrected chi connectivity index (χ4v) is 3.53. The van der Waals surface area contributed by atoms with Gasteiger partial charge in [-0.25, -0.2) is 0 Å². The van der Waals surface area contributed by atoms with Gasteiger partial charge >= 0.3 is 0 Å². The molecule has 2 saturated heterocycles. The van der Waals surface area contributed by atoms with E-state index in [0.29, 0.717) is 5.56 Å². The highest BCUT2D eigenvalue weighted by Gasteiger charge is 2.23. The number of likely N-dealkylation sites (tertiary alicyclic amines) is 1. The zero-order valence-electron chi connectivity index (χ0n) is 12.2. The van der Waals surface area contributed by atoms with Crippen LogP contribution in [0, 0.1) is 0 Å². The predicted octanol–water partition coefficient (Wildman–Crippen LogP) is 1.95. The number of halogens is 1. The van der Waals surface area contributed by atoms with Crippen LogP contribution in [0.4, 0.5) is 5.69 Å². The number of amides is 2. The van der Waals surface area contributed by atoms with Gasteiger partial charge in [-0.3, -0.25) is 14.9 Å². The molecular formula is C15H20ClN3O2S. The molecule has 3 rings (SSSR count). The Balaban J connectivity index is 0.00000176. The van der Waals surface area contributed by atoms with Crippen molar-refractivity contribution in [2.24, 2.45) is 0 Å². The maximum Gasteiger partial charge on any atom is 0.253 e. The van der Waals surface area contributed by atoms with Gasteiger partial charge in [-0.15, -0.1) is 24.2 Å². The third kappa shape index (κ3) is 3.94. The minimum atomic E-state index is -0.124. The molecule has 2 N–H and O–H groups in total. The summed E-state index contributed by atoms with van der Waals surface area (Å²) in [4.78, 5) is 26.1. The second-order valence-electron chi connectivity index (χ2n) is 5.34. The molecular weight excluding hydrogens is 322 g/mol. The Labute approximate surface area is 140 Å². The number of hydrogen-bond acceptors (Lipinski definition) is 4. The first-order valence-corrected chi connectivity index (χ1v) is 8.41. The topological polar surface area (TPSA) is 61.4 Å². The Bertz CT molecular complexity index is 526. The number of carbonyl (C=O) groups excluding carboxylic acids is 2. The molecule has 5 nitrogen and oxygen atoms in total. The van der Waals surface area contributed by atoms with Crippen molar-refractivity contribution in [3.63, 3.8) is 0 Å². The normalized spacial score (nSPS) is 20.5. The standard InChI is InChI=1S/C15H19N3O2S.ClH/c19-14(13-9-21-10-16-13)17-12-5-3-11(4-6-12)15(20)18-7-1-2-8-18;/h3-6,13,16H,1-2,7-10H2,(H,17,19);1H. The molecule has 1 atom stereocenters. The van der Waals surface area contributed by atoms with Crippen LogP contribution in [0.3, 0.4) is 0 Å². The average Bonchev–Trinajstić information content (AvgIpc) is 3.20. The van der Waals surface area contributed by atoms with Crippen molar-refractivity contribution in [3.8, 4) is 0 Å². The summed E-state index contributed by atoms with van der Waals surface area (Å²) in [6.07, 6.45) is 2.18. The van der Waals surface area contributed by atoms with Crippen LogP contribution in [0.2, 0.25) is 0 Å². The first-order chi connectivity index (χ1) is 10.2. The van der Waals surface area contributed by atoms with E-state index in [1.54, 1.807) is 36.0 Å².